The number of nitrogen functional groups attached to an aromatic ring is 2. The fourth-order valence-electron chi connectivity index (χ4n) is 2.88. The second-order valence-corrected chi connectivity index (χ2v) is 7.41. The van der Waals surface area contributed by atoms with Gasteiger partial charge in [-0.15, -0.1) is 0 Å². The molecule has 0 aliphatic carbocycles. The van der Waals surface area contributed by atoms with Crippen LogP contribution < -0.4 is 22.1 Å². The molecule has 0 saturated heterocycles. The molecule has 0 aromatic heterocycles. The van der Waals surface area contributed by atoms with Crippen molar-refractivity contribution in [3.8, 4) is 0 Å². The molecule has 0 aliphatic rings. The summed E-state index contributed by atoms with van der Waals surface area (Å²) in [6, 6.07) is 26.3. The minimum Gasteiger partial charge on any atom is -0.399 e. The lowest BCUT2D eigenvalue weighted by Gasteiger charge is -2.17. The smallest absolute Gasteiger partial charge is 0.0385 e. The van der Waals surface area contributed by atoms with Crippen molar-refractivity contribution in [1.82, 2.24) is 0 Å². The summed E-state index contributed by atoms with van der Waals surface area (Å²) in [5.41, 5.74) is 15.6. The summed E-state index contributed by atoms with van der Waals surface area (Å²) < 4.78 is 0. The lowest BCUT2D eigenvalue weighted by molar-refractivity contribution is 0.540. The zero-order valence-electron chi connectivity index (χ0n) is 17.0. The van der Waals surface area contributed by atoms with Crippen LogP contribution in [0.4, 0.5) is 28.4 Å². The summed E-state index contributed by atoms with van der Waals surface area (Å²) in [6.45, 7) is 6.74. The van der Waals surface area contributed by atoms with Crippen LogP contribution in [-0.4, -0.2) is 6.04 Å². The van der Waals surface area contributed by atoms with E-state index in [0.29, 0.717) is 6.04 Å². The SMILES string of the molecule is CC(C)CC(C)Nc1ccc(Nc2ccccc2)cc1.Nc1ccc(N)cc1. The molecule has 0 aliphatic heterocycles. The van der Waals surface area contributed by atoms with Gasteiger partial charge in [-0.25, -0.2) is 0 Å². The number of hydrogen-bond donors (Lipinski definition) is 4. The Morgan fingerprint density at radius 2 is 1.11 bits per heavy atom. The number of para-hydroxylation sites is 1. The van der Waals surface area contributed by atoms with Gasteiger partial charge in [0.2, 0.25) is 0 Å². The Bertz CT molecular complexity index is 775. The third-order valence-corrected chi connectivity index (χ3v) is 4.12. The van der Waals surface area contributed by atoms with Crippen molar-refractivity contribution < 1.29 is 0 Å². The maximum Gasteiger partial charge on any atom is 0.0385 e. The van der Waals surface area contributed by atoms with Crippen LogP contribution in [0.2, 0.25) is 0 Å². The normalized spacial score (nSPS) is 11.3. The van der Waals surface area contributed by atoms with Crippen LogP contribution in [0.1, 0.15) is 27.2 Å². The van der Waals surface area contributed by atoms with Gasteiger partial charge in [0.05, 0.1) is 0 Å². The third kappa shape index (κ3) is 8.04. The lowest BCUT2D eigenvalue weighted by atomic mass is 10.1. The van der Waals surface area contributed by atoms with Crippen molar-refractivity contribution in [2.45, 2.75) is 33.2 Å². The molecule has 0 saturated carbocycles. The maximum atomic E-state index is 5.37. The molecule has 0 amide bonds. The molecule has 0 fully saturated rings. The number of hydrogen-bond acceptors (Lipinski definition) is 4. The summed E-state index contributed by atoms with van der Waals surface area (Å²) in [4.78, 5) is 0. The van der Waals surface area contributed by atoms with Gasteiger partial charge in [0.25, 0.3) is 0 Å². The Kier molecular flexibility index (Phi) is 8.22. The molecule has 4 nitrogen and oxygen atoms in total. The molecule has 148 valence electrons. The quantitative estimate of drug-likeness (QED) is 0.390. The first-order valence-corrected chi connectivity index (χ1v) is 9.72. The molecule has 1 unspecified atom stereocenters. The van der Waals surface area contributed by atoms with Crippen molar-refractivity contribution in [3.63, 3.8) is 0 Å². The Hall–Kier alpha value is -3.14. The Morgan fingerprint density at radius 3 is 1.61 bits per heavy atom. The fraction of sp³-hybridized carbons (Fsp3) is 0.250. The third-order valence-electron chi connectivity index (χ3n) is 4.12. The van der Waals surface area contributed by atoms with Gasteiger partial charge in [-0.05, 0) is 79.9 Å². The van der Waals surface area contributed by atoms with Gasteiger partial charge in [-0.2, -0.15) is 0 Å². The molecule has 4 heteroatoms. The van der Waals surface area contributed by atoms with E-state index in [4.69, 9.17) is 11.5 Å². The van der Waals surface area contributed by atoms with Gasteiger partial charge in [0.15, 0.2) is 0 Å². The van der Waals surface area contributed by atoms with E-state index < -0.39 is 0 Å². The Labute approximate surface area is 169 Å². The predicted molar refractivity (Wildman–Crippen MR) is 124 cm³/mol. The lowest BCUT2D eigenvalue weighted by Crippen LogP contribution is -2.17. The van der Waals surface area contributed by atoms with Crippen molar-refractivity contribution in [2.75, 3.05) is 22.1 Å². The highest BCUT2D eigenvalue weighted by molar-refractivity contribution is 5.62. The minimum atomic E-state index is 0.503. The molecule has 6 N–H and O–H groups in total. The maximum absolute atomic E-state index is 5.37. The summed E-state index contributed by atoms with van der Waals surface area (Å²) in [7, 11) is 0. The Balaban J connectivity index is 0.000000292. The van der Waals surface area contributed by atoms with E-state index in [0.717, 1.165) is 28.7 Å². The van der Waals surface area contributed by atoms with E-state index in [1.165, 1.54) is 12.1 Å². The number of nitrogens with one attached hydrogen (secondary N) is 2. The topological polar surface area (TPSA) is 76.1 Å². The zero-order valence-corrected chi connectivity index (χ0v) is 17.0. The largest absolute Gasteiger partial charge is 0.399 e. The second-order valence-electron chi connectivity index (χ2n) is 7.41. The first-order chi connectivity index (χ1) is 13.4. The van der Waals surface area contributed by atoms with Gasteiger partial charge < -0.3 is 22.1 Å². The molecule has 0 bridgehead atoms. The highest BCUT2D eigenvalue weighted by Crippen LogP contribution is 2.20. The molecular formula is C24H32N4. The molecule has 0 heterocycles. The molecule has 0 radical (unpaired) electrons. The van der Waals surface area contributed by atoms with Gasteiger partial charge in [0.1, 0.15) is 0 Å². The van der Waals surface area contributed by atoms with Crippen molar-refractivity contribution in [1.29, 1.82) is 0 Å². The first kappa shape index (κ1) is 21.2. The molecular weight excluding hydrogens is 344 g/mol. The first-order valence-electron chi connectivity index (χ1n) is 9.72. The van der Waals surface area contributed by atoms with Gasteiger partial charge in [-0.1, -0.05) is 32.0 Å². The summed E-state index contributed by atoms with van der Waals surface area (Å²) in [6.07, 6.45) is 1.18. The molecule has 3 rings (SSSR count). The summed E-state index contributed by atoms with van der Waals surface area (Å²) in [5, 5.41) is 6.93. The van der Waals surface area contributed by atoms with E-state index >= 15 is 0 Å². The molecule has 28 heavy (non-hydrogen) atoms. The highest BCUT2D eigenvalue weighted by atomic mass is 14.9. The summed E-state index contributed by atoms with van der Waals surface area (Å²) >= 11 is 0. The van der Waals surface area contributed by atoms with Crippen molar-refractivity contribution in [2.24, 2.45) is 5.92 Å². The zero-order chi connectivity index (χ0) is 20.4. The monoisotopic (exact) mass is 376 g/mol. The fourth-order valence-corrected chi connectivity index (χ4v) is 2.88. The average Bonchev–Trinajstić information content (AvgIpc) is 2.66. The van der Waals surface area contributed by atoms with E-state index in [1.54, 1.807) is 24.3 Å². The van der Waals surface area contributed by atoms with E-state index in [2.05, 4.69) is 67.8 Å². The van der Waals surface area contributed by atoms with E-state index in [1.807, 2.05) is 18.2 Å². The van der Waals surface area contributed by atoms with Crippen LogP contribution in [0.3, 0.4) is 0 Å². The van der Waals surface area contributed by atoms with Crippen LogP contribution in [-0.2, 0) is 0 Å². The molecule has 3 aromatic rings. The molecule has 1 atom stereocenters. The van der Waals surface area contributed by atoms with Crippen LogP contribution in [0.5, 0.6) is 0 Å². The second kappa shape index (κ2) is 10.9. The highest BCUT2D eigenvalue weighted by Gasteiger charge is 2.04. The number of rotatable bonds is 6. The number of anilines is 5. The van der Waals surface area contributed by atoms with Crippen LogP contribution in [0.25, 0.3) is 0 Å². The average molecular weight is 377 g/mol. The van der Waals surface area contributed by atoms with Gasteiger partial charge in [0, 0.05) is 34.5 Å². The standard InChI is InChI=1S/C18H24N2.C6H8N2/c1-14(2)13-15(3)19-17-9-11-18(12-10-17)20-16-7-5-4-6-8-16;7-5-1-2-6(8)4-3-5/h4-12,14-15,19-20H,13H2,1-3H3;1-4H,7-8H2. The van der Waals surface area contributed by atoms with Gasteiger partial charge >= 0.3 is 0 Å². The Morgan fingerprint density at radius 1 is 0.643 bits per heavy atom. The van der Waals surface area contributed by atoms with Crippen LogP contribution in [0, 0.1) is 5.92 Å². The molecule has 0 spiro atoms. The molecule has 3 aromatic carbocycles. The van der Waals surface area contributed by atoms with E-state index in [9.17, 15) is 0 Å². The van der Waals surface area contributed by atoms with Crippen LogP contribution in [0.15, 0.2) is 78.9 Å². The van der Waals surface area contributed by atoms with Crippen molar-refractivity contribution >= 4 is 28.4 Å². The predicted octanol–water partition coefficient (Wildman–Crippen LogP) is 6.13. The van der Waals surface area contributed by atoms with Crippen LogP contribution >= 0.6 is 0 Å². The van der Waals surface area contributed by atoms with Gasteiger partial charge in [-0.3, -0.25) is 0 Å². The minimum absolute atomic E-state index is 0.503. The summed E-state index contributed by atoms with van der Waals surface area (Å²) in [5.74, 6) is 0.719. The van der Waals surface area contributed by atoms with Crippen molar-refractivity contribution in [3.05, 3.63) is 78.9 Å². The van der Waals surface area contributed by atoms with E-state index in [-0.39, 0.29) is 0 Å². The number of nitrogens with two attached hydrogens (primary N) is 2. The number of benzene rings is 3.